The first kappa shape index (κ1) is 13.5. The van der Waals surface area contributed by atoms with Crippen molar-refractivity contribution in [2.45, 2.75) is 20.0 Å². The summed E-state index contributed by atoms with van der Waals surface area (Å²) in [6, 6.07) is 5.91. The smallest absolute Gasteiger partial charge is 0.269 e. The highest BCUT2D eigenvalue weighted by Gasteiger charge is 2.16. The van der Waals surface area contributed by atoms with Crippen LogP contribution in [0.1, 0.15) is 18.2 Å². The van der Waals surface area contributed by atoms with Gasteiger partial charge < -0.3 is 5.11 Å². The van der Waals surface area contributed by atoms with Gasteiger partial charge in [0.05, 0.1) is 22.9 Å². The average molecular weight is 282 g/mol. The second-order valence-corrected chi connectivity index (χ2v) is 4.27. The molecule has 0 radical (unpaired) electrons. The highest BCUT2D eigenvalue weighted by Crippen LogP contribution is 2.25. The van der Waals surface area contributed by atoms with E-state index in [0.717, 1.165) is 0 Å². The highest BCUT2D eigenvalue weighted by molar-refractivity contribution is 6.30. The molecule has 0 aliphatic carbocycles. The highest BCUT2D eigenvalue weighted by atomic mass is 35.5. The first-order valence-electron chi connectivity index (χ1n) is 5.70. The average Bonchev–Trinajstić information content (AvgIpc) is 2.75. The second kappa shape index (κ2) is 5.38. The van der Waals surface area contributed by atoms with Gasteiger partial charge in [0.25, 0.3) is 5.69 Å². The molecule has 2 rings (SSSR count). The maximum Gasteiger partial charge on any atom is 0.269 e. The maximum absolute atomic E-state index is 10.6. The van der Waals surface area contributed by atoms with E-state index in [1.165, 1.54) is 16.8 Å². The summed E-state index contributed by atoms with van der Waals surface area (Å²) in [5, 5.41) is 24.5. The topological polar surface area (TPSA) is 81.2 Å². The molecule has 1 N–H and O–H groups in total. The van der Waals surface area contributed by atoms with Gasteiger partial charge in [0.15, 0.2) is 0 Å². The maximum atomic E-state index is 10.6. The third-order valence-electron chi connectivity index (χ3n) is 2.80. The molecule has 1 aromatic carbocycles. The van der Waals surface area contributed by atoms with E-state index < -0.39 is 4.92 Å². The molecule has 1 aromatic heterocycles. The van der Waals surface area contributed by atoms with E-state index >= 15 is 0 Å². The number of aliphatic hydroxyl groups excluding tert-OH is 1. The van der Waals surface area contributed by atoms with E-state index in [1.807, 2.05) is 6.92 Å². The predicted molar refractivity (Wildman–Crippen MR) is 70.5 cm³/mol. The van der Waals surface area contributed by atoms with Gasteiger partial charge in [-0.15, -0.1) is 0 Å². The van der Waals surface area contributed by atoms with Gasteiger partial charge in [0.2, 0.25) is 0 Å². The fourth-order valence-electron chi connectivity index (χ4n) is 1.80. The predicted octanol–water partition coefficient (Wildman–Crippen LogP) is 2.49. The van der Waals surface area contributed by atoms with Crippen LogP contribution in [0.2, 0.25) is 5.15 Å². The van der Waals surface area contributed by atoms with Crippen molar-refractivity contribution in [2.75, 3.05) is 0 Å². The standard InChI is InChI=1S/C12H12ClN3O3/c1-2-11-10(7-17)12(13)15(14-11)8-3-5-9(6-4-8)16(18)19/h3-6,17H,2,7H2,1H3. The first-order chi connectivity index (χ1) is 9.08. The van der Waals surface area contributed by atoms with Crippen LogP contribution in [0.4, 0.5) is 5.69 Å². The summed E-state index contributed by atoms with van der Waals surface area (Å²) in [5.74, 6) is 0. The molecule has 0 amide bonds. The van der Waals surface area contributed by atoms with E-state index in [0.29, 0.717) is 28.5 Å². The van der Waals surface area contributed by atoms with Crippen LogP contribution < -0.4 is 0 Å². The van der Waals surface area contributed by atoms with Crippen molar-refractivity contribution in [3.8, 4) is 5.69 Å². The Morgan fingerprint density at radius 1 is 1.42 bits per heavy atom. The van der Waals surface area contributed by atoms with Crippen LogP contribution in [0.25, 0.3) is 5.69 Å². The van der Waals surface area contributed by atoms with Crippen LogP contribution in [0.3, 0.4) is 0 Å². The molecule has 0 saturated carbocycles. The van der Waals surface area contributed by atoms with Crippen molar-refractivity contribution in [2.24, 2.45) is 0 Å². The van der Waals surface area contributed by atoms with E-state index in [9.17, 15) is 15.2 Å². The summed E-state index contributed by atoms with van der Waals surface area (Å²) in [7, 11) is 0. The number of aryl methyl sites for hydroxylation is 1. The van der Waals surface area contributed by atoms with Crippen LogP contribution in [-0.4, -0.2) is 19.8 Å². The van der Waals surface area contributed by atoms with Crippen molar-refractivity contribution in [3.63, 3.8) is 0 Å². The minimum Gasteiger partial charge on any atom is -0.391 e. The number of aliphatic hydroxyl groups is 1. The van der Waals surface area contributed by atoms with E-state index in [4.69, 9.17) is 11.6 Å². The van der Waals surface area contributed by atoms with Crippen LogP contribution in [0, 0.1) is 10.1 Å². The molecule has 2 aromatic rings. The number of non-ortho nitro benzene ring substituents is 1. The Labute approximate surface area is 114 Å². The van der Waals surface area contributed by atoms with Crippen molar-refractivity contribution < 1.29 is 10.0 Å². The summed E-state index contributed by atoms with van der Waals surface area (Å²) < 4.78 is 1.47. The number of halogens is 1. The van der Waals surface area contributed by atoms with Crippen molar-refractivity contribution in [3.05, 3.63) is 50.8 Å². The minimum absolute atomic E-state index is 0.00475. The molecule has 7 heteroatoms. The van der Waals surface area contributed by atoms with Crippen LogP contribution in [0.15, 0.2) is 24.3 Å². The van der Waals surface area contributed by atoms with E-state index in [1.54, 1.807) is 12.1 Å². The monoisotopic (exact) mass is 281 g/mol. The van der Waals surface area contributed by atoms with Gasteiger partial charge in [0.1, 0.15) is 5.15 Å². The molecule has 0 spiro atoms. The lowest BCUT2D eigenvalue weighted by Gasteiger charge is -2.02. The SMILES string of the molecule is CCc1nn(-c2ccc([N+](=O)[O-])cc2)c(Cl)c1CO. The molecule has 19 heavy (non-hydrogen) atoms. The Bertz CT molecular complexity index is 607. The third-order valence-corrected chi connectivity index (χ3v) is 3.19. The van der Waals surface area contributed by atoms with Crippen LogP contribution >= 0.6 is 11.6 Å². The number of nitro benzene ring substituents is 1. The molecule has 0 unspecified atom stereocenters. The zero-order valence-electron chi connectivity index (χ0n) is 10.2. The number of nitro groups is 1. The van der Waals surface area contributed by atoms with Crippen molar-refractivity contribution in [1.29, 1.82) is 0 Å². The number of rotatable bonds is 4. The molecule has 0 bridgehead atoms. The molecule has 0 aliphatic rings. The Balaban J connectivity index is 2.47. The molecule has 0 saturated heterocycles. The largest absolute Gasteiger partial charge is 0.391 e. The fraction of sp³-hybridized carbons (Fsp3) is 0.250. The van der Waals surface area contributed by atoms with Crippen LogP contribution in [-0.2, 0) is 13.0 Å². The van der Waals surface area contributed by atoms with Gasteiger partial charge in [0, 0.05) is 17.7 Å². The summed E-state index contributed by atoms with van der Waals surface area (Å²) in [4.78, 5) is 10.1. The van der Waals surface area contributed by atoms with Gasteiger partial charge in [-0.1, -0.05) is 18.5 Å². The van der Waals surface area contributed by atoms with E-state index in [-0.39, 0.29) is 12.3 Å². The molecular weight excluding hydrogens is 270 g/mol. The summed E-state index contributed by atoms with van der Waals surface area (Å²) >= 11 is 6.15. The number of hydrogen-bond donors (Lipinski definition) is 1. The van der Waals surface area contributed by atoms with Gasteiger partial charge in [-0.2, -0.15) is 5.10 Å². The Morgan fingerprint density at radius 2 is 2.05 bits per heavy atom. The Kier molecular flexibility index (Phi) is 3.82. The first-order valence-corrected chi connectivity index (χ1v) is 6.08. The van der Waals surface area contributed by atoms with E-state index in [2.05, 4.69) is 5.10 Å². The summed E-state index contributed by atoms with van der Waals surface area (Å²) in [6.45, 7) is 1.73. The lowest BCUT2D eigenvalue weighted by atomic mass is 10.2. The molecular formula is C12H12ClN3O3. The lowest BCUT2D eigenvalue weighted by molar-refractivity contribution is -0.384. The molecule has 0 atom stereocenters. The Morgan fingerprint density at radius 3 is 2.47 bits per heavy atom. The normalized spacial score (nSPS) is 10.7. The van der Waals surface area contributed by atoms with Gasteiger partial charge in [-0.25, -0.2) is 4.68 Å². The lowest BCUT2D eigenvalue weighted by Crippen LogP contribution is -1.98. The van der Waals surface area contributed by atoms with Gasteiger partial charge in [-0.3, -0.25) is 10.1 Å². The number of hydrogen-bond acceptors (Lipinski definition) is 4. The van der Waals surface area contributed by atoms with Gasteiger partial charge in [-0.05, 0) is 18.6 Å². The molecule has 0 fully saturated rings. The van der Waals surface area contributed by atoms with Crippen LogP contribution in [0.5, 0.6) is 0 Å². The molecule has 100 valence electrons. The number of benzene rings is 1. The third kappa shape index (κ3) is 2.45. The van der Waals surface area contributed by atoms with Crippen molar-refractivity contribution >= 4 is 17.3 Å². The quantitative estimate of drug-likeness (QED) is 0.689. The minimum atomic E-state index is -0.467. The molecule has 1 heterocycles. The van der Waals surface area contributed by atoms with Crippen molar-refractivity contribution in [1.82, 2.24) is 9.78 Å². The number of nitrogens with zero attached hydrogens (tertiary/aromatic N) is 3. The zero-order chi connectivity index (χ0) is 14.0. The zero-order valence-corrected chi connectivity index (χ0v) is 11.0. The molecule has 6 nitrogen and oxygen atoms in total. The summed E-state index contributed by atoms with van der Waals surface area (Å²) in [5.41, 5.74) is 1.92. The Hall–Kier alpha value is -1.92. The summed E-state index contributed by atoms with van der Waals surface area (Å²) in [6.07, 6.45) is 0.648. The molecule has 0 aliphatic heterocycles. The van der Waals surface area contributed by atoms with Gasteiger partial charge >= 0.3 is 0 Å². The fourth-order valence-corrected chi connectivity index (χ4v) is 2.10. The second-order valence-electron chi connectivity index (χ2n) is 3.91. The number of aromatic nitrogens is 2.